The van der Waals surface area contributed by atoms with E-state index in [1.807, 2.05) is 19.0 Å². The number of anilines is 1. The lowest BCUT2D eigenvalue weighted by Gasteiger charge is -2.36. The zero-order valence-corrected chi connectivity index (χ0v) is 15.0. The Labute approximate surface area is 147 Å². The van der Waals surface area contributed by atoms with E-state index in [1.165, 1.54) is 23.3 Å². The number of likely N-dealkylation sites (tertiary alicyclic amines) is 1. The molecule has 0 radical (unpaired) electrons. The molecule has 2 heterocycles. The third kappa shape index (κ3) is 3.97. The lowest BCUT2D eigenvalue weighted by Crippen LogP contribution is -2.54. The standard InChI is InChI=1S/C18H23N3O2S/c1-20(2)9-5-8-17(22)21-11-14(12-21)18(23)19-16-10-13-6-3-4-7-15(13)24-16/h10,14H,3-4,6-7,9,11-12H2,1-2H3,(H,19,23). The molecule has 128 valence electrons. The summed E-state index contributed by atoms with van der Waals surface area (Å²) in [6, 6.07) is 2.12. The van der Waals surface area contributed by atoms with E-state index >= 15 is 0 Å². The summed E-state index contributed by atoms with van der Waals surface area (Å²) in [5.74, 6) is 5.16. The average Bonchev–Trinajstić information content (AvgIpc) is 2.87. The largest absolute Gasteiger partial charge is 0.330 e. The normalized spacial score (nSPS) is 16.9. The van der Waals surface area contributed by atoms with Crippen LogP contribution in [0.4, 0.5) is 5.00 Å². The van der Waals surface area contributed by atoms with Crippen LogP contribution in [-0.4, -0.2) is 55.3 Å². The van der Waals surface area contributed by atoms with Crippen LogP contribution >= 0.6 is 11.3 Å². The maximum atomic E-state index is 12.3. The topological polar surface area (TPSA) is 52.7 Å². The molecule has 0 bridgehead atoms. The summed E-state index contributed by atoms with van der Waals surface area (Å²) in [7, 11) is 3.82. The van der Waals surface area contributed by atoms with Crippen LogP contribution in [0.3, 0.4) is 0 Å². The van der Waals surface area contributed by atoms with Crippen LogP contribution < -0.4 is 5.32 Å². The summed E-state index contributed by atoms with van der Waals surface area (Å²) in [6.07, 6.45) is 4.74. The molecule has 1 N–H and O–H groups in total. The maximum Gasteiger partial charge on any atom is 0.298 e. The molecule has 24 heavy (non-hydrogen) atoms. The second-order valence-corrected chi connectivity index (χ2v) is 7.84. The van der Waals surface area contributed by atoms with Crippen LogP contribution in [0.5, 0.6) is 0 Å². The molecule has 6 heteroatoms. The van der Waals surface area contributed by atoms with Crippen molar-refractivity contribution in [3.05, 3.63) is 16.5 Å². The van der Waals surface area contributed by atoms with Crippen molar-refractivity contribution in [2.24, 2.45) is 5.92 Å². The number of amides is 2. The highest BCUT2D eigenvalue weighted by Gasteiger charge is 2.35. The predicted octanol–water partition coefficient (Wildman–Crippen LogP) is 1.59. The Kier molecular flexibility index (Phi) is 5.22. The first-order valence-electron chi connectivity index (χ1n) is 8.38. The number of nitrogens with one attached hydrogen (secondary N) is 1. The van der Waals surface area contributed by atoms with Crippen LogP contribution in [0.1, 0.15) is 23.3 Å². The number of carbonyl (C=O) groups is 2. The van der Waals surface area contributed by atoms with Crippen LogP contribution in [-0.2, 0) is 22.4 Å². The van der Waals surface area contributed by atoms with Crippen molar-refractivity contribution in [3.8, 4) is 11.8 Å². The van der Waals surface area contributed by atoms with Crippen molar-refractivity contribution in [3.63, 3.8) is 0 Å². The monoisotopic (exact) mass is 345 g/mol. The smallest absolute Gasteiger partial charge is 0.298 e. The van der Waals surface area contributed by atoms with Crippen molar-refractivity contribution >= 4 is 28.2 Å². The zero-order valence-electron chi connectivity index (χ0n) is 14.2. The molecule has 2 aliphatic rings. The molecular weight excluding hydrogens is 322 g/mol. The second-order valence-electron chi connectivity index (χ2n) is 6.70. The maximum absolute atomic E-state index is 12.3. The fourth-order valence-electron chi connectivity index (χ4n) is 2.94. The lowest BCUT2D eigenvalue weighted by atomic mass is 9.98. The van der Waals surface area contributed by atoms with E-state index in [2.05, 4.69) is 23.2 Å². The van der Waals surface area contributed by atoms with Crippen LogP contribution in [0.2, 0.25) is 0 Å². The second kappa shape index (κ2) is 7.37. The van der Waals surface area contributed by atoms with Crippen LogP contribution in [0.15, 0.2) is 6.07 Å². The Morgan fingerprint density at radius 2 is 2.08 bits per heavy atom. The van der Waals surface area contributed by atoms with E-state index < -0.39 is 0 Å². The van der Waals surface area contributed by atoms with Crippen molar-refractivity contribution in [1.82, 2.24) is 9.80 Å². The molecule has 1 aromatic rings. The average molecular weight is 345 g/mol. The summed E-state index contributed by atoms with van der Waals surface area (Å²) in [4.78, 5) is 29.1. The Hall–Kier alpha value is -1.84. The first-order chi connectivity index (χ1) is 11.5. The van der Waals surface area contributed by atoms with Gasteiger partial charge in [0, 0.05) is 18.0 Å². The van der Waals surface area contributed by atoms with Crippen molar-refractivity contribution in [1.29, 1.82) is 0 Å². The summed E-state index contributed by atoms with van der Waals surface area (Å²) in [5.41, 5.74) is 1.39. The fourth-order valence-corrected chi connectivity index (χ4v) is 4.10. The molecule has 3 rings (SSSR count). The van der Waals surface area contributed by atoms with Gasteiger partial charge in [0.25, 0.3) is 5.91 Å². The zero-order chi connectivity index (χ0) is 17.1. The Bertz CT molecular complexity index is 669. The summed E-state index contributed by atoms with van der Waals surface area (Å²) >= 11 is 1.70. The molecule has 1 aromatic heterocycles. The fraction of sp³-hybridized carbons (Fsp3) is 0.556. The lowest BCUT2D eigenvalue weighted by molar-refractivity contribution is -0.136. The third-order valence-electron chi connectivity index (χ3n) is 4.37. The number of aryl methyl sites for hydroxylation is 2. The molecule has 0 unspecified atom stereocenters. The highest BCUT2D eigenvalue weighted by atomic mass is 32.1. The van der Waals surface area contributed by atoms with Crippen molar-refractivity contribution < 1.29 is 9.59 Å². The van der Waals surface area contributed by atoms with Crippen molar-refractivity contribution in [2.45, 2.75) is 25.7 Å². The van der Waals surface area contributed by atoms with Gasteiger partial charge >= 0.3 is 0 Å². The van der Waals surface area contributed by atoms with Gasteiger partial charge in [-0.15, -0.1) is 11.3 Å². The number of carbonyl (C=O) groups excluding carboxylic acids is 2. The minimum absolute atomic E-state index is 0.0129. The van der Waals surface area contributed by atoms with E-state index in [0.717, 1.165) is 17.8 Å². The van der Waals surface area contributed by atoms with Gasteiger partial charge in [-0.1, -0.05) is 5.92 Å². The highest BCUT2D eigenvalue weighted by molar-refractivity contribution is 7.16. The van der Waals surface area contributed by atoms with E-state index in [1.54, 1.807) is 16.2 Å². The summed E-state index contributed by atoms with van der Waals surface area (Å²) < 4.78 is 0. The number of thiophene rings is 1. The van der Waals surface area contributed by atoms with Crippen LogP contribution in [0.25, 0.3) is 0 Å². The van der Waals surface area contributed by atoms with E-state index in [0.29, 0.717) is 19.6 Å². The molecule has 0 spiro atoms. The molecule has 0 saturated carbocycles. The van der Waals surface area contributed by atoms with Gasteiger partial charge in [0.05, 0.1) is 17.5 Å². The Morgan fingerprint density at radius 1 is 1.33 bits per heavy atom. The van der Waals surface area contributed by atoms with Crippen LogP contribution in [0, 0.1) is 17.8 Å². The molecule has 0 atom stereocenters. The van der Waals surface area contributed by atoms with Gasteiger partial charge in [0.1, 0.15) is 0 Å². The minimum Gasteiger partial charge on any atom is -0.330 e. The highest BCUT2D eigenvalue weighted by Crippen LogP contribution is 2.33. The molecule has 1 aliphatic carbocycles. The van der Waals surface area contributed by atoms with Crippen molar-refractivity contribution in [2.75, 3.05) is 39.0 Å². The molecule has 1 aliphatic heterocycles. The number of rotatable bonds is 3. The molecule has 1 fully saturated rings. The third-order valence-corrected chi connectivity index (χ3v) is 5.53. The van der Waals surface area contributed by atoms with Gasteiger partial charge in [0.2, 0.25) is 5.91 Å². The minimum atomic E-state index is -0.188. The first kappa shape index (κ1) is 17.0. The predicted molar refractivity (Wildman–Crippen MR) is 96.0 cm³/mol. The van der Waals surface area contributed by atoms with E-state index in [9.17, 15) is 9.59 Å². The number of nitrogens with zero attached hydrogens (tertiary/aromatic N) is 2. The summed E-state index contributed by atoms with van der Waals surface area (Å²) in [5, 5.41) is 3.96. The number of hydrogen-bond donors (Lipinski definition) is 1. The molecule has 1 saturated heterocycles. The van der Waals surface area contributed by atoms with Gasteiger partial charge < -0.3 is 10.2 Å². The van der Waals surface area contributed by atoms with Gasteiger partial charge in [-0.2, -0.15) is 0 Å². The van der Waals surface area contributed by atoms with Gasteiger partial charge in [0.15, 0.2) is 0 Å². The van der Waals surface area contributed by atoms with Gasteiger partial charge in [-0.05, 0) is 57.3 Å². The van der Waals surface area contributed by atoms with Gasteiger partial charge in [-0.3, -0.25) is 14.5 Å². The molecule has 2 amide bonds. The van der Waals surface area contributed by atoms with E-state index in [4.69, 9.17) is 0 Å². The Morgan fingerprint density at radius 3 is 2.79 bits per heavy atom. The van der Waals surface area contributed by atoms with Gasteiger partial charge in [-0.25, -0.2) is 0 Å². The Balaban J connectivity index is 1.47. The molecule has 0 aromatic carbocycles. The first-order valence-corrected chi connectivity index (χ1v) is 9.19. The summed E-state index contributed by atoms with van der Waals surface area (Å²) in [6.45, 7) is 1.49. The number of fused-ring (bicyclic) bond motifs is 1. The number of hydrogen-bond acceptors (Lipinski definition) is 4. The van der Waals surface area contributed by atoms with E-state index in [-0.39, 0.29) is 17.7 Å². The quantitative estimate of drug-likeness (QED) is 0.847. The SMILES string of the molecule is CN(C)CC#CC(=O)N1CC(C(=O)Nc2cc3c(s2)CCCC3)C1. The molecule has 5 nitrogen and oxygen atoms in total. The molecular formula is C18H23N3O2S.